The van der Waals surface area contributed by atoms with Gasteiger partial charge in [-0.25, -0.2) is 0 Å². The number of alkyl halides is 3. The number of ether oxygens (including phenoxy) is 2. The number of aromatic nitrogens is 3. The van der Waals surface area contributed by atoms with Gasteiger partial charge in [0.25, 0.3) is 5.91 Å². The summed E-state index contributed by atoms with van der Waals surface area (Å²) in [7, 11) is 2.96. The van der Waals surface area contributed by atoms with Crippen molar-refractivity contribution >= 4 is 40.9 Å². The number of amides is 1. The Morgan fingerprint density at radius 1 is 0.974 bits per heavy atom. The molecule has 1 aromatic heterocycles. The normalized spacial score (nSPS) is 11.4. The lowest BCUT2D eigenvalue weighted by Gasteiger charge is -2.13. The van der Waals surface area contributed by atoms with E-state index in [4.69, 9.17) is 32.7 Å². The Morgan fingerprint density at radius 2 is 1.69 bits per heavy atom. The first-order chi connectivity index (χ1) is 18.6. The molecule has 0 aliphatic heterocycles. The molecule has 0 atom stereocenters. The Labute approximate surface area is 236 Å². The number of rotatable bonds is 9. The predicted molar refractivity (Wildman–Crippen MR) is 143 cm³/mol. The molecule has 0 radical (unpaired) electrons. The minimum absolute atomic E-state index is 0.0181. The van der Waals surface area contributed by atoms with Crippen molar-refractivity contribution in [3.8, 4) is 17.2 Å². The van der Waals surface area contributed by atoms with Gasteiger partial charge in [0.2, 0.25) is 0 Å². The van der Waals surface area contributed by atoms with Gasteiger partial charge in [-0.05, 0) is 42.0 Å². The van der Waals surface area contributed by atoms with Crippen molar-refractivity contribution < 1.29 is 27.4 Å². The molecule has 0 saturated heterocycles. The number of methoxy groups -OCH3 is 2. The fourth-order valence-electron chi connectivity index (χ4n) is 3.58. The minimum Gasteiger partial charge on any atom is -0.497 e. The largest absolute Gasteiger partial charge is 0.497 e. The van der Waals surface area contributed by atoms with Gasteiger partial charge in [-0.2, -0.15) is 13.2 Å². The Balaban J connectivity index is 1.60. The zero-order chi connectivity index (χ0) is 28.2. The van der Waals surface area contributed by atoms with E-state index in [-0.39, 0.29) is 17.3 Å². The highest BCUT2D eigenvalue weighted by molar-refractivity contribution is 7.98. The van der Waals surface area contributed by atoms with Crippen LogP contribution in [0.1, 0.15) is 27.3 Å². The molecule has 204 valence electrons. The average Bonchev–Trinajstić information content (AvgIpc) is 3.34. The number of thioether (sulfide) groups is 1. The van der Waals surface area contributed by atoms with Crippen LogP contribution in [0.15, 0.2) is 65.8 Å². The van der Waals surface area contributed by atoms with E-state index >= 15 is 0 Å². The maximum atomic E-state index is 13.1. The molecule has 0 aliphatic rings. The molecule has 4 rings (SSSR count). The summed E-state index contributed by atoms with van der Waals surface area (Å²) in [5, 5.41) is 12.3. The van der Waals surface area contributed by atoms with Crippen LogP contribution in [0.5, 0.6) is 11.5 Å². The topological polar surface area (TPSA) is 78.3 Å². The van der Waals surface area contributed by atoms with Crippen LogP contribution in [-0.4, -0.2) is 34.9 Å². The molecule has 1 amide bonds. The summed E-state index contributed by atoms with van der Waals surface area (Å²) in [5.41, 5.74) is 0.601. The molecule has 39 heavy (non-hydrogen) atoms. The molecule has 0 spiro atoms. The van der Waals surface area contributed by atoms with E-state index in [0.29, 0.717) is 44.3 Å². The summed E-state index contributed by atoms with van der Waals surface area (Å²) in [6, 6.07) is 14.8. The van der Waals surface area contributed by atoms with Gasteiger partial charge in [0, 0.05) is 17.4 Å². The summed E-state index contributed by atoms with van der Waals surface area (Å²) in [6.45, 7) is -0.0181. The van der Waals surface area contributed by atoms with Crippen LogP contribution in [-0.2, 0) is 18.5 Å². The number of benzene rings is 3. The standard InChI is InChI=1S/C26H21Cl2F3N4O3S/c1-37-19-9-16(10-20(12-19)38-2)24(36)32-13-23-33-34-25(35(23)18-6-7-21(27)22(28)11-18)39-14-15-4-3-5-17(8-15)26(29,30)31/h3-12H,13-14H2,1-2H3,(H,32,36). The molecule has 7 nitrogen and oxygen atoms in total. The van der Waals surface area contributed by atoms with Crippen molar-refractivity contribution in [3.63, 3.8) is 0 Å². The third-order valence-electron chi connectivity index (χ3n) is 5.50. The van der Waals surface area contributed by atoms with E-state index in [1.54, 1.807) is 47.0 Å². The van der Waals surface area contributed by atoms with Crippen LogP contribution in [0.2, 0.25) is 10.0 Å². The number of nitrogens with zero attached hydrogens (tertiary/aromatic N) is 3. The Kier molecular flexibility index (Phi) is 8.94. The van der Waals surface area contributed by atoms with Gasteiger partial charge in [-0.3, -0.25) is 9.36 Å². The molecule has 4 aromatic rings. The molecular weight excluding hydrogens is 576 g/mol. The SMILES string of the molecule is COc1cc(OC)cc(C(=O)NCc2nnc(SCc3cccc(C(F)(F)F)c3)n2-c2ccc(Cl)c(Cl)c2)c1. The van der Waals surface area contributed by atoms with Gasteiger partial charge in [0.15, 0.2) is 11.0 Å². The van der Waals surface area contributed by atoms with Crippen molar-refractivity contribution in [3.05, 3.63) is 93.2 Å². The van der Waals surface area contributed by atoms with Crippen LogP contribution in [0.25, 0.3) is 5.69 Å². The monoisotopic (exact) mass is 596 g/mol. The summed E-state index contributed by atoms with van der Waals surface area (Å²) in [6.07, 6.45) is -4.45. The number of hydrogen-bond acceptors (Lipinski definition) is 6. The molecule has 3 aromatic carbocycles. The van der Waals surface area contributed by atoms with E-state index in [1.165, 1.54) is 32.0 Å². The lowest BCUT2D eigenvalue weighted by Crippen LogP contribution is -2.24. The second kappa shape index (κ2) is 12.2. The predicted octanol–water partition coefficient (Wildman–Crippen LogP) is 6.83. The highest BCUT2D eigenvalue weighted by Crippen LogP contribution is 2.33. The van der Waals surface area contributed by atoms with Crippen molar-refractivity contribution in [1.82, 2.24) is 20.1 Å². The zero-order valence-electron chi connectivity index (χ0n) is 20.6. The van der Waals surface area contributed by atoms with Gasteiger partial charge in [-0.1, -0.05) is 53.2 Å². The van der Waals surface area contributed by atoms with E-state index in [9.17, 15) is 18.0 Å². The second-order valence-corrected chi connectivity index (χ2v) is 9.86. The third-order valence-corrected chi connectivity index (χ3v) is 7.24. The maximum absolute atomic E-state index is 13.1. The average molecular weight is 597 g/mol. The summed E-state index contributed by atoms with van der Waals surface area (Å²) >= 11 is 13.5. The van der Waals surface area contributed by atoms with Gasteiger partial charge >= 0.3 is 6.18 Å². The maximum Gasteiger partial charge on any atom is 0.416 e. The molecule has 13 heteroatoms. The highest BCUT2D eigenvalue weighted by atomic mass is 35.5. The highest BCUT2D eigenvalue weighted by Gasteiger charge is 2.30. The number of hydrogen-bond donors (Lipinski definition) is 1. The number of carbonyl (C=O) groups is 1. The van der Waals surface area contributed by atoms with Crippen LogP contribution in [0.4, 0.5) is 13.2 Å². The van der Waals surface area contributed by atoms with Crippen LogP contribution in [0, 0.1) is 0 Å². The van der Waals surface area contributed by atoms with Crippen molar-refractivity contribution in [2.75, 3.05) is 14.2 Å². The second-order valence-electron chi connectivity index (χ2n) is 8.10. The Morgan fingerprint density at radius 3 is 2.33 bits per heavy atom. The van der Waals surface area contributed by atoms with Crippen molar-refractivity contribution in [1.29, 1.82) is 0 Å². The van der Waals surface area contributed by atoms with E-state index in [1.807, 2.05) is 0 Å². The van der Waals surface area contributed by atoms with Crippen LogP contribution >= 0.6 is 35.0 Å². The van der Waals surface area contributed by atoms with E-state index in [0.717, 1.165) is 12.1 Å². The molecule has 0 aliphatic carbocycles. The number of carbonyl (C=O) groups excluding carboxylic acids is 1. The lowest BCUT2D eigenvalue weighted by atomic mass is 10.1. The third kappa shape index (κ3) is 6.97. The first-order valence-corrected chi connectivity index (χ1v) is 13.0. The Bertz CT molecular complexity index is 1480. The molecule has 1 N–H and O–H groups in total. The lowest BCUT2D eigenvalue weighted by molar-refractivity contribution is -0.137. The van der Waals surface area contributed by atoms with Crippen LogP contribution in [0.3, 0.4) is 0 Å². The first-order valence-electron chi connectivity index (χ1n) is 11.3. The van der Waals surface area contributed by atoms with Gasteiger partial charge in [-0.15, -0.1) is 10.2 Å². The van der Waals surface area contributed by atoms with E-state index in [2.05, 4.69) is 15.5 Å². The number of halogens is 5. The molecule has 0 fully saturated rings. The Hall–Kier alpha value is -3.41. The van der Waals surface area contributed by atoms with Gasteiger partial charge in [0.05, 0.1) is 42.1 Å². The zero-order valence-corrected chi connectivity index (χ0v) is 22.9. The van der Waals surface area contributed by atoms with Crippen molar-refractivity contribution in [2.24, 2.45) is 0 Å². The quantitative estimate of drug-likeness (QED) is 0.213. The molecule has 0 unspecified atom stereocenters. The molecular formula is C26H21Cl2F3N4O3S. The molecule has 0 bridgehead atoms. The van der Waals surface area contributed by atoms with Crippen molar-refractivity contribution in [2.45, 2.75) is 23.6 Å². The summed E-state index contributed by atoms with van der Waals surface area (Å²) < 4.78 is 51.5. The first kappa shape index (κ1) is 28.6. The molecule has 1 heterocycles. The van der Waals surface area contributed by atoms with E-state index < -0.39 is 17.6 Å². The fraction of sp³-hybridized carbons (Fsp3) is 0.192. The minimum atomic E-state index is -4.45. The number of nitrogens with one attached hydrogen (secondary N) is 1. The van der Waals surface area contributed by atoms with Gasteiger partial charge in [0.1, 0.15) is 11.5 Å². The van der Waals surface area contributed by atoms with Crippen LogP contribution < -0.4 is 14.8 Å². The smallest absolute Gasteiger partial charge is 0.416 e. The summed E-state index contributed by atoms with van der Waals surface area (Å²) in [5.74, 6) is 1.05. The molecule has 0 saturated carbocycles. The summed E-state index contributed by atoms with van der Waals surface area (Å²) in [4.78, 5) is 12.9. The fourth-order valence-corrected chi connectivity index (χ4v) is 4.78. The van der Waals surface area contributed by atoms with Gasteiger partial charge < -0.3 is 14.8 Å².